The van der Waals surface area contributed by atoms with Gasteiger partial charge in [-0.25, -0.2) is 0 Å². The normalized spacial score (nSPS) is 45.8. The lowest BCUT2D eigenvalue weighted by molar-refractivity contribution is -0.123. The van der Waals surface area contributed by atoms with E-state index in [9.17, 15) is 9.59 Å². The maximum atomic E-state index is 12.5. The van der Waals surface area contributed by atoms with E-state index in [0.29, 0.717) is 35.4 Å². The second kappa shape index (κ2) is 5.16. The Labute approximate surface area is 139 Å². The van der Waals surface area contributed by atoms with E-state index < -0.39 is 0 Å². The average molecular weight is 312 g/mol. The Hall–Kier alpha value is -1.18. The van der Waals surface area contributed by atoms with Gasteiger partial charge in [0.15, 0.2) is 5.78 Å². The summed E-state index contributed by atoms with van der Waals surface area (Å²) in [4.78, 5) is 24.4. The molecule has 4 rings (SSSR count). The molecule has 3 fully saturated rings. The Morgan fingerprint density at radius 3 is 2.70 bits per heavy atom. The van der Waals surface area contributed by atoms with Crippen molar-refractivity contribution in [3.8, 4) is 0 Å². The number of hydrogen-bond acceptors (Lipinski definition) is 2. The van der Waals surface area contributed by atoms with Gasteiger partial charge in [-0.05, 0) is 68.4 Å². The molecule has 0 aliphatic heterocycles. The molecule has 0 aromatic carbocycles. The third-order valence-corrected chi connectivity index (χ3v) is 7.86. The molecule has 4 aliphatic carbocycles. The van der Waals surface area contributed by atoms with Crippen molar-refractivity contribution < 1.29 is 9.59 Å². The Morgan fingerprint density at radius 1 is 1.17 bits per heavy atom. The standard InChI is InChI=1S/C21H28O2/c1-4-13-10-19(23)17-7-8-18-16(20(13)17)6-5-14-11-15(22)9-12(2)21(14,18)3/h9,11,13,16-18,20H,4-8,10H2,1-3H3. The SMILES string of the molecule is CCC1CC(=O)C2CCC3C(CCC4=CC(=O)C=C(C)C43C)C12. The monoisotopic (exact) mass is 312 g/mol. The Bertz CT molecular complexity index is 626. The van der Waals surface area contributed by atoms with E-state index in [1.165, 1.54) is 17.6 Å². The number of carbonyl (C=O) groups is 2. The van der Waals surface area contributed by atoms with Crippen molar-refractivity contribution in [2.75, 3.05) is 0 Å². The van der Waals surface area contributed by atoms with E-state index in [-0.39, 0.29) is 11.2 Å². The van der Waals surface area contributed by atoms with Crippen LogP contribution in [-0.2, 0) is 9.59 Å². The van der Waals surface area contributed by atoms with Crippen LogP contribution in [0.2, 0.25) is 0 Å². The lowest BCUT2D eigenvalue weighted by Crippen LogP contribution is -2.48. The predicted octanol–water partition coefficient (Wildman–Crippen LogP) is 4.50. The summed E-state index contributed by atoms with van der Waals surface area (Å²) in [7, 11) is 0. The van der Waals surface area contributed by atoms with Gasteiger partial charge in [-0.15, -0.1) is 0 Å². The van der Waals surface area contributed by atoms with Crippen LogP contribution >= 0.6 is 0 Å². The molecule has 6 atom stereocenters. The van der Waals surface area contributed by atoms with E-state index in [1.807, 2.05) is 12.2 Å². The smallest absolute Gasteiger partial charge is 0.178 e. The summed E-state index contributed by atoms with van der Waals surface area (Å²) < 4.78 is 0. The highest BCUT2D eigenvalue weighted by Crippen LogP contribution is 2.63. The summed E-state index contributed by atoms with van der Waals surface area (Å²) in [6, 6.07) is 0. The van der Waals surface area contributed by atoms with Crippen molar-refractivity contribution in [1.29, 1.82) is 0 Å². The van der Waals surface area contributed by atoms with Gasteiger partial charge in [-0.2, -0.15) is 0 Å². The highest BCUT2D eigenvalue weighted by atomic mass is 16.1. The van der Waals surface area contributed by atoms with Gasteiger partial charge in [-0.1, -0.05) is 31.4 Å². The van der Waals surface area contributed by atoms with Gasteiger partial charge in [0, 0.05) is 17.8 Å². The maximum Gasteiger partial charge on any atom is 0.178 e. The van der Waals surface area contributed by atoms with E-state index in [1.54, 1.807) is 0 Å². The first-order valence-electron chi connectivity index (χ1n) is 9.43. The quantitative estimate of drug-likeness (QED) is 0.714. The Balaban J connectivity index is 1.73. The first-order chi connectivity index (χ1) is 11.0. The van der Waals surface area contributed by atoms with Crippen LogP contribution in [0.5, 0.6) is 0 Å². The summed E-state index contributed by atoms with van der Waals surface area (Å²) in [6.45, 7) is 6.77. The number of rotatable bonds is 1. The molecule has 0 radical (unpaired) electrons. The van der Waals surface area contributed by atoms with Gasteiger partial charge in [0.05, 0.1) is 0 Å². The third kappa shape index (κ3) is 1.99. The molecule has 0 aromatic heterocycles. The zero-order chi connectivity index (χ0) is 16.4. The fourth-order valence-corrected chi connectivity index (χ4v) is 6.62. The molecule has 23 heavy (non-hydrogen) atoms. The summed E-state index contributed by atoms with van der Waals surface area (Å²) >= 11 is 0. The second-order valence-corrected chi connectivity index (χ2v) is 8.51. The van der Waals surface area contributed by atoms with Crippen LogP contribution in [0.1, 0.15) is 59.3 Å². The van der Waals surface area contributed by atoms with Crippen molar-refractivity contribution in [3.05, 3.63) is 23.3 Å². The molecule has 2 heteroatoms. The molecule has 0 aromatic rings. The summed E-state index contributed by atoms with van der Waals surface area (Å²) in [6.07, 6.45) is 10.2. The van der Waals surface area contributed by atoms with E-state index in [0.717, 1.165) is 32.1 Å². The Kier molecular flexibility index (Phi) is 3.44. The van der Waals surface area contributed by atoms with Crippen molar-refractivity contribution in [2.45, 2.75) is 59.3 Å². The van der Waals surface area contributed by atoms with Gasteiger partial charge < -0.3 is 0 Å². The van der Waals surface area contributed by atoms with Crippen molar-refractivity contribution in [1.82, 2.24) is 0 Å². The predicted molar refractivity (Wildman–Crippen MR) is 90.8 cm³/mol. The van der Waals surface area contributed by atoms with E-state index >= 15 is 0 Å². The fraction of sp³-hybridized carbons (Fsp3) is 0.714. The van der Waals surface area contributed by atoms with Gasteiger partial charge in [0.1, 0.15) is 5.78 Å². The van der Waals surface area contributed by atoms with Crippen LogP contribution in [0.3, 0.4) is 0 Å². The molecule has 0 amide bonds. The molecule has 0 heterocycles. The molecule has 0 N–H and O–H groups in total. The Morgan fingerprint density at radius 2 is 1.96 bits per heavy atom. The van der Waals surface area contributed by atoms with Crippen LogP contribution < -0.4 is 0 Å². The lowest BCUT2D eigenvalue weighted by atomic mass is 9.48. The van der Waals surface area contributed by atoms with Crippen LogP contribution in [0.4, 0.5) is 0 Å². The fourth-order valence-electron chi connectivity index (χ4n) is 6.62. The number of Topliss-reactive ketones (excluding diaryl/α,β-unsaturated/α-hetero) is 1. The first-order valence-corrected chi connectivity index (χ1v) is 9.43. The highest BCUT2D eigenvalue weighted by Gasteiger charge is 2.57. The molecule has 0 spiro atoms. The lowest BCUT2D eigenvalue weighted by Gasteiger charge is -2.55. The van der Waals surface area contributed by atoms with Gasteiger partial charge in [0.2, 0.25) is 0 Å². The molecule has 6 unspecified atom stereocenters. The highest BCUT2D eigenvalue weighted by molar-refractivity contribution is 6.02. The summed E-state index contributed by atoms with van der Waals surface area (Å²) in [5.74, 6) is 3.54. The maximum absolute atomic E-state index is 12.5. The van der Waals surface area contributed by atoms with Crippen LogP contribution in [-0.4, -0.2) is 11.6 Å². The largest absolute Gasteiger partial charge is 0.299 e. The van der Waals surface area contributed by atoms with Crippen LogP contribution in [0, 0.1) is 35.0 Å². The molecule has 0 bridgehead atoms. The third-order valence-electron chi connectivity index (χ3n) is 7.86. The minimum absolute atomic E-state index is 0.0612. The van der Waals surface area contributed by atoms with Crippen molar-refractivity contribution >= 4 is 11.6 Å². The molecule has 3 saturated carbocycles. The zero-order valence-corrected chi connectivity index (χ0v) is 14.6. The summed E-state index contributed by atoms with van der Waals surface area (Å²) in [5, 5.41) is 0. The zero-order valence-electron chi connectivity index (χ0n) is 14.6. The second-order valence-electron chi connectivity index (χ2n) is 8.51. The minimum Gasteiger partial charge on any atom is -0.299 e. The minimum atomic E-state index is 0.0612. The van der Waals surface area contributed by atoms with E-state index in [4.69, 9.17) is 0 Å². The van der Waals surface area contributed by atoms with Crippen molar-refractivity contribution in [3.63, 3.8) is 0 Å². The van der Waals surface area contributed by atoms with Gasteiger partial charge in [-0.3, -0.25) is 9.59 Å². The van der Waals surface area contributed by atoms with Crippen LogP contribution in [0.25, 0.3) is 0 Å². The number of allylic oxidation sites excluding steroid dienone is 4. The molecule has 124 valence electrons. The first kappa shape index (κ1) is 15.4. The molecule has 2 nitrogen and oxygen atoms in total. The van der Waals surface area contributed by atoms with Gasteiger partial charge >= 0.3 is 0 Å². The topological polar surface area (TPSA) is 34.1 Å². The molecular weight excluding hydrogens is 284 g/mol. The average Bonchev–Trinajstić information content (AvgIpc) is 2.85. The van der Waals surface area contributed by atoms with Gasteiger partial charge in [0.25, 0.3) is 0 Å². The van der Waals surface area contributed by atoms with Crippen LogP contribution in [0.15, 0.2) is 23.3 Å². The molecule has 0 saturated heterocycles. The number of hydrogen-bond donors (Lipinski definition) is 0. The molecular formula is C21H28O2. The summed E-state index contributed by atoms with van der Waals surface area (Å²) in [5.41, 5.74) is 2.68. The number of fused-ring (bicyclic) bond motifs is 5. The molecule has 4 aliphatic rings. The number of carbonyl (C=O) groups excluding carboxylic acids is 2. The number of ketones is 2. The van der Waals surface area contributed by atoms with Crippen molar-refractivity contribution in [2.24, 2.45) is 35.0 Å². The van der Waals surface area contributed by atoms with E-state index in [2.05, 4.69) is 20.8 Å².